The maximum absolute atomic E-state index is 15.1. The van der Waals surface area contributed by atoms with E-state index in [0.29, 0.717) is 5.56 Å². The van der Waals surface area contributed by atoms with Gasteiger partial charge < -0.3 is 148 Å². The summed E-state index contributed by atoms with van der Waals surface area (Å²) in [6, 6.07) is 0.728. The van der Waals surface area contributed by atoms with Crippen LogP contribution >= 0.6 is 0 Å². The highest BCUT2D eigenvalue weighted by molar-refractivity contribution is 5.98. The molecule has 0 aromatic heterocycles. The normalized spacial score (nSPS) is 35.9. The SMILES string of the molecule is CC(C)CC(=O)O[C@@H]1[C@H](O)[C@@H](O[C@H]2[C@H](O)[C@H](O)C(Oc3ccc(C[C@H]4NC(=O)[C@H](Cc5ccccc5)NC(=O)CNC(=O)[C@H](CO)NC(=O)[C@@H](C(O)C5CN=C(N)N5[C@H]5O[C@H](CO)[C@@H](O)[C@H](O)[C@@H]5O)NC(=O)[C@H](C(O)C5CN=C(N)N5)NC4=O)cc3)O[C@@H]2CO)O[C@H](CO)[C@H]1O. The van der Waals surface area contributed by atoms with Crippen molar-refractivity contribution < 1.29 is 128 Å². The number of aliphatic hydroxyl groups excluding tert-OH is 13. The summed E-state index contributed by atoms with van der Waals surface area (Å²) >= 11 is 0. The van der Waals surface area contributed by atoms with E-state index >= 15 is 9.59 Å². The molecule has 4 saturated heterocycles. The van der Waals surface area contributed by atoms with Gasteiger partial charge in [-0.3, -0.25) is 43.5 Å². The summed E-state index contributed by atoms with van der Waals surface area (Å²) in [4.78, 5) is 108. The Bertz CT molecular complexity index is 3070. The van der Waals surface area contributed by atoms with E-state index < -0.39 is 240 Å². The van der Waals surface area contributed by atoms with Gasteiger partial charge >= 0.3 is 5.97 Å². The summed E-state index contributed by atoms with van der Waals surface area (Å²) in [7, 11) is 0. The minimum atomic E-state index is -2.35. The summed E-state index contributed by atoms with van der Waals surface area (Å²) in [5.41, 5.74) is 12.8. The molecule has 6 aliphatic heterocycles. The molecule has 6 amide bonds. The molecule has 0 aliphatic carbocycles. The maximum atomic E-state index is 15.1. The number of ether oxygens (including phenoxy) is 6. The smallest absolute Gasteiger partial charge is 0.306 e. The second-order valence-electron chi connectivity index (χ2n) is 24.2. The first-order chi connectivity index (χ1) is 45.7. The lowest BCUT2D eigenvalue weighted by atomic mass is 9.95. The fraction of sp³-hybridized carbons (Fsp3) is 0.638. The minimum Gasteiger partial charge on any atom is -0.462 e. The fourth-order valence-electron chi connectivity index (χ4n) is 11.6. The van der Waals surface area contributed by atoms with Crippen molar-refractivity contribution in [2.75, 3.05) is 46.1 Å². The van der Waals surface area contributed by atoms with Crippen LogP contribution in [-0.2, 0) is 70.1 Å². The molecule has 96 heavy (non-hydrogen) atoms. The van der Waals surface area contributed by atoms with Crippen LogP contribution in [-0.4, -0.2) is 317 Å². The van der Waals surface area contributed by atoms with Crippen molar-refractivity contribution in [1.29, 1.82) is 0 Å². The monoisotopic (exact) mass is 1360 g/mol. The second-order valence-corrected chi connectivity index (χ2v) is 24.2. The quantitative estimate of drug-likeness (QED) is 0.0547. The summed E-state index contributed by atoms with van der Waals surface area (Å²) in [6.07, 6.45) is -32.1. The van der Waals surface area contributed by atoms with Gasteiger partial charge in [-0.25, -0.2) is 0 Å². The van der Waals surface area contributed by atoms with Crippen molar-refractivity contribution in [3.8, 4) is 5.75 Å². The first kappa shape index (κ1) is 74.2. The number of nitrogens with zero attached hydrogens (tertiary/aromatic N) is 3. The molecule has 0 spiro atoms. The van der Waals surface area contributed by atoms with Gasteiger partial charge in [0.2, 0.25) is 41.7 Å². The van der Waals surface area contributed by atoms with Gasteiger partial charge in [-0.1, -0.05) is 56.3 Å². The first-order valence-corrected chi connectivity index (χ1v) is 30.8. The average Bonchev–Trinajstić information content (AvgIpc) is 1.68. The van der Waals surface area contributed by atoms with Crippen LogP contribution in [0.2, 0.25) is 0 Å². The number of benzene rings is 2. The van der Waals surface area contributed by atoms with E-state index in [1.54, 1.807) is 44.2 Å². The molecule has 38 heteroatoms. The van der Waals surface area contributed by atoms with Crippen LogP contribution < -0.4 is 53.4 Å². The van der Waals surface area contributed by atoms with Crippen molar-refractivity contribution in [1.82, 2.24) is 42.1 Å². The molecule has 0 bridgehead atoms. The van der Waals surface area contributed by atoms with E-state index in [1.807, 2.05) is 0 Å². The second kappa shape index (κ2) is 33.1. The molecule has 24 N–H and O–H groups in total. The van der Waals surface area contributed by atoms with Gasteiger partial charge in [0.05, 0.1) is 58.1 Å². The number of hydrogen-bond donors (Lipinski definition) is 22. The third-order valence-corrected chi connectivity index (χ3v) is 16.8. The number of nitrogens with one attached hydrogen (secondary N) is 7. The maximum Gasteiger partial charge on any atom is 0.306 e. The lowest BCUT2D eigenvalue weighted by molar-refractivity contribution is -0.353. The van der Waals surface area contributed by atoms with Crippen molar-refractivity contribution in [3.63, 3.8) is 0 Å². The summed E-state index contributed by atoms with van der Waals surface area (Å²) in [6.45, 7) is -2.15. The summed E-state index contributed by atoms with van der Waals surface area (Å²) in [5, 5.41) is 159. The van der Waals surface area contributed by atoms with E-state index in [2.05, 4.69) is 47.2 Å². The predicted molar refractivity (Wildman–Crippen MR) is 322 cm³/mol. The molecule has 6 aliphatic rings. The number of hydrogen-bond acceptors (Lipinski definition) is 32. The van der Waals surface area contributed by atoms with Crippen LogP contribution in [0.5, 0.6) is 5.75 Å². The molecule has 4 fully saturated rings. The largest absolute Gasteiger partial charge is 0.462 e. The van der Waals surface area contributed by atoms with Crippen LogP contribution in [0.15, 0.2) is 64.6 Å². The number of guanidine groups is 2. The zero-order chi connectivity index (χ0) is 70.0. The standard InChI is InChI=1S/C58H84N12O26/c1-22(2)12-35(76)95-48-41(80)32(20-73)93-56(46(48)85)96-47-33(21-74)94-55(45(84)43(47)82)91-25-10-8-24(9-11-25)14-27-51(88)68-36(38(77)28-15-62-57(59)67-28)53(90)69-37(39(78)30-16-63-58(60)70(30)54-44(83)42(81)40(79)31(19-72)92-54)52(89)66-29(18-71)49(86)61-17-34(75)64-26(50(87)65-27)13-23-6-4-3-5-7-23/h3-11,22,26-33,36-48,54-56,71-74,77-85H,12-21H2,1-2H3,(H2,60,63)(H,61,86)(H,64,75)(H,65,87)(H,66,89)(H,68,88)(H,69,90)(H3,59,62,67)/t26-,27+,28?,29-,30?,31+,32+,33+,36-,37+,38?,39?,40+,41+,42-,43+,44-,45-,46-,47+,48-,54-,55?,56+/m0/s1. The molecule has 0 saturated carbocycles. The Kier molecular flexibility index (Phi) is 25.6. The Morgan fingerprint density at radius 3 is 1.79 bits per heavy atom. The molecule has 2 aromatic rings. The van der Waals surface area contributed by atoms with Gasteiger partial charge in [-0.15, -0.1) is 0 Å². The zero-order valence-electron chi connectivity index (χ0n) is 51.8. The van der Waals surface area contributed by atoms with E-state index in [9.17, 15) is 90.4 Å². The highest BCUT2D eigenvalue weighted by Gasteiger charge is 2.55. The minimum absolute atomic E-state index is 0.0847. The summed E-state index contributed by atoms with van der Waals surface area (Å²) < 4.78 is 34.1. The average molecular weight is 1370 g/mol. The number of carbonyl (C=O) groups is 7. The molecular formula is C58H84N12O26. The number of amides is 6. The third kappa shape index (κ3) is 17.6. The van der Waals surface area contributed by atoms with Crippen LogP contribution in [0.1, 0.15) is 31.4 Å². The van der Waals surface area contributed by atoms with E-state index in [0.717, 1.165) is 4.90 Å². The zero-order valence-corrected chi connectivity index (χ0v) is 51.8. The van der Waals surface area contributed by atoms with Gasteiger partial charge in [0, 0.05) is 19.3 Å². The lowest BCUT2D eigenvalue weighted by Crippen LogP contribution is -2.70. The van der Waals surface area contributed by atoms with Gasteiger partial charge in [-0.2, -0.15) is 0 Å². The number of rotatable bonds is 20. The highest BCUT2D eigenvalue weighted by atomic mass is 16.7. The van der Waals surface area contributed by atoms with E-state index in [1.165, 1.54) is 24.3 Å². The molecule has 6 heterocycles. The van der Waals surface area contributed by atoms with Crippen LogP contribution in [0.4, 0.5) is 0 Å². The number of nitrogens with two attached hydrogens (primary N) is 2. The predicted octanol–water partition coefficient (Wildman–Crippen LogP) is -12.6. The molecule has 5 unspecified atom stereocenters. The number of aliphatic hydroxyl groups is 13. The van der Waals surface area contributed by atoms with Gasteiger partial charge in [-0.05, 0) is 29.2 Å². The van der Waals surface area contributed by atoms with Gasteiger partial charge in [0.1, 0.15) is 115 Å². The Balaban J connectivity index is 1.08. The van der Waals surface area contributed by atoms with Crippen molar-refractivity contribution in [2.24, 2.45) is 27.4 Å². The highest BCUT2D eigenvalue weighted by Crippen LogP contribution is 2.33. The van der Waals surface area contributed by atoms with Crippen molar-refractivity contribution in [2.45, 2.75) is 180 Å². The summed E-state index contributed by atoms with van der Waals surface area (Å²) in [5.74, 6) is -9.11. The molecule has 0 radical (unpaired) electrons. The number of carbonyl (C=O) groups excluding carboxylic acids is 7. The molecule has 2 aromatic carbocycles. The van der Waals surface area contributed by atoms with Crippen molar-refractivity contribution >= 4 is 53.3 Å². The topological polar surface area (TPSA) is 602 Å². The molecule has 8 rings (SSSR count). The van der Waals surface area contributed by atoms with Gasteiger partial charge in [0.15, 0.2) is 30.5 Å². The van der Waals surface area contributed by atoms with Crippen LogP contribution in [0.25, 0.3) is 0 Å². The van der Waals surface area contributed by atoms with E-state index in [4.69, 9.17) is 39.9 Å². The fourth-order valence-corrected chi connectivity index (χ4v) is 11.6. The first-order valence-electron chi connectivity index (χ1n) is 30.8. The van der Waals surface area contributed by atoms with E-state index in [-0.39, 0.29) is 42.6 Å². The molecular weight excluding hydrogens is 1280 g/mol. The Morgan fingerprint density at radius 1 is 0.583 bits per heavy atom. The van der Waals surface area contributed by atoms with Gasteiger partial charge in [0.25, 0.3) is 0 Å². The van der Waals surface area contributed by atoms with Crippen LogP contribution in [0.3, 0.4) is 0 Å². The van der Waals surface area contributed by atoms with Crippen molar-refractivity contribution in [3.05, 3.63) is 65.7 Å². The Hall–Kier alpha value is -7.61. The number of aliphatic imine (C=N–C) groups is 2. The molecule has 38 nitrogen and oxygen atoms in total. The third-order valence-electron chi connectivity index (χ3n) is 16.8. The lowest BCUT2D eigenvalue weighted by Gasteiger charge is -2.46. The van der Waals surface area contributed by atoms with Crippen LogP contribution in [0, 0.1) is 5.92 Å². The number of esters is 1. The Morgan fingerprint density at radius 2 is 1.17 bits per heavy atom. The molecule has 24 atom stereocenters. The molecule has 532 valence electrons. The Labute approximate surface area is 546 Å².